The fourth-order valence-corrected chi connectivity index (χ4v) is 1.48. The van der Waals surface area contributed by atoms with Gasteiger partial charge in [-0.15, -0.1) is 0 Å². The molecule has 1 aromatic rings. The predicted octanol–water partition coefficient (Wildman–Crippen LogP) is 0.822. The van der Waals surface area contributed by atoms with Gasteiger partial charge in [0, 0.05) is 12.7 Å². The first-order chi connectivity index (χ1) is 8.71. The van der Waals surface area contributed by atoms with Crippen molar-refractivity contribution in [2.45, 2.75) is 13.0 Å². The molecule has 0 bridgehead atoms. The van der Waals surface area contributed by atoms with Gasteiger partial charge in [0.25, 0.3) is 5.91 Å². The third kappa shape index (κ3) is 4.35. The van der Waals surface area contributed by atoms with Crippen LogP contribution in [0.5, 0.6) is 5.75 Å². The van der Waals surface area contributed by atoms with Gasteiger partial charge in [0.05, 0.1) is 25.9 Å². The van der Waals surface area contributed by atoms with E-state index in [4.69, 9.17) is 14.6 Å². The first kappa shape index (κ1) is 14.5. The molecule has 0 radical (unpaired) electrons. The average molecular weight is 253 g/mol. The minimum atomic E-state index is -0.394. The Kier molecular flexibility index (Phi) is 6.18. The van der Waals surface area contributed by atoms with Crippen LogP contribution in [-0.2, 0) is 4.74 Å². The van der Waals surface area contributed by atoms with Crippen molar-refractivity contribution >= 4 is 5.91 Å². The first-order valence-electron chi connectivity index (χ1n) is 5.84. The molecular weight excluding hydrogens is 234 g/mol. The number of amides is 1. The summed E-state index contributed by atoms with van der Waals surface area (Å²) in [5, 5.41) is 11.7. The van der Waals surface area contributed by atoms with Crippen molar-refractivity contribution in [2.24, 2.45) is 0 Å². The molecule has 5 heteroatoms. The van der Waals surface area contributed by atoms with Crippen LogP contribution in [-0.4, -0.2) is 44.0 Å². The standard InChI is InChI=1S/C13H19NO4/c1-3-18-12-6-4-10(5-7-12)13(16)14-11(8-15)9-17-2/h4-7,11,15H,3,8-9H2,1-2H3,(H,14,16). The third-order valence-corrected chi connectivity index (χ3v) is 2.35. The van der Waals surface area contributed by atoms with Crippen molar-refractivity contribution in [1.82, 2.24) is 5.32 Å². The molecule has 0 aliphatic carbocycles. The Balaban J connectivity index is 2.60. The largest absolute Gasteiger partial charge is 0.494 e. The molecule has 2 N–H and O–H groups in total. The van der Waals surface area contributed by atoms with Gasteiger partial charge in [-0.1, -0.05) is 0 Å². The number of nitrogens with one attached hydrogen (secondary N) is 1. The van der Waals surface area contributed by atoms with Crippen LogP contribution in [0.25, 0.3) is 0 Å². The Morgan fingerprint density at radius 1 is 1.39 bits per heavy atom. The maximum atomic E-state index is 11.8. The van der Waals surface area contributed by atoms with Gasteiger partial charge in [-0.25, -0.2) is 0 Å². The molecule has 1 atom stereocenters. The summed E-state index contributed by atoms with van der Waals surface area (Å²) in [6.07, 6.45) is 0. The van der Waals surface area contributed by atoms with E-state index in [9.17, 15) is 4.79 Å². The zero-order valence-electron chi connectivity index (χ0n) is 10.7. The summed E-state index contributed by atoms with van der Waals surface area (Å²) >= 11 is 0. The molecule has 1 unspecified atom stereocenters. The number of carbonyl (C=O) groups excluding carboxylic acids is 1. The second-order valence-corrected chi connectivity index (χ2v) is 3.77. The molecule has 1 amide bonds. The zero-order valence-corrected chi connectivity index (χ0v) is 10.7. The monoisotopic (exact) mass is 253 g/mol. The van der Waals surface area contributed by atoms with Crippen LogP contribution in [0.1, 0.15) is 17.3 Å². The summed E-state index contributed by atoms with van der Waals surface area (Å²) in [5.74, 6) is 0.485. The molecule has 0 spiro atoms. The number of rotatable bonds is 7. The number of hydrogen-bond acceptors (Lipinski definition) is 4. The summed E-state index contributed by atoms with van der Waals surface area (Å²) < 4.78 is 10.2. The van der Waals surface area contributed by atoms with E-state index < -0.39 is 6.04 Å². The first-order valence-corrected chi connectivity index (χ1v) is 5.84. The number of carbonyl (C=O) groups is 1. The predicted molar refractivity (Wildman–Crippen MR) is 67.8 cm³/mol. The summed E-state index contributed by atoms with van der Waals surface area (Å²) in [7, 11) is 1.52. The Morgan fingerprint density at radius 2 is 2.06 bits per heavy atom. The number of aliphatic hydroxyl groups is 1. The molecule has 0 aliphatic rings. The van der Waals surface area contributed by atoms with E-state index in [1.807, 2.05) is 6.92 Å². The number of methoxy groups -OCH3 is 1. The maximum absolute atomic E-state index is 11.8. The van der Waals surface area contributed by atoms with Crippen molar-refractivity contribution in [1.29, 1.82) is 0 Å². The van der Waals surface area contributed by atoms with E-state index in [2.05, 4.69) is 5.32 Å². The Morgan fingerprint density at radius 3 is 2.56 bits per heavy atom. The van der Waals surface area contributed by atoms with Crippen LogP contribution in [0, 0.1) is 0 Å². The zero-order chi connectivity index (χ0) is 13.4. The molecule has 0 heterocycles. The minimum absolute atomic E-state index is 0.156. The normalized spacial score (nSPS) is 11.9. The van der Waals surface area contributed by atoms with Crippen LogP contribution >= 0.6 is 0 Å². The van der Waals surface area contributed by atoms with Crippen LogP contribution in [0.3, 0.4) is 0 Å². The lowest BCUT2D eigenvalue weighted by Gasteiger charge is -2.15. The smallest absolute Gasteiger partial charge is 0.251 e. The van der Waals surface area contributed by atoms with Crippen molar-refractivity contribution < 1.29 is 19.4 Å². The van der Waals surface area contributed by atoms with Gasteiger partial charge < -0.3 is 19.9 Å². The van der Waals surface area contributed by atoms with Crippen molar-refractivity contribution in [2.75, 3.05) is 26.9 Å². The highest BCUT2D eigenvalue weighted by Gasteiger charge is 2.12. The van der Waals surface area contributed by atoms with Gasteiger partial charge >= 0.3 is 0 Å². The van der Waals surface area contributed by atoms with Crippen LogP contribution in [0.2, 0.25) is 0 Å². The number of ether oxygens (including phenoxy) is 2. The fraction of sp³-hybridized carbons (Fsp3) is 0.462. The lowest BCUT2D eigenvalue weighted by molar-refractivity contribution is 0.0839. The van der Waals surface area contributed by atoms with Crippen LogP contribution in [0.4, 0.5) is 0 Å². The van der Waals surface area contributed by atoms with Gasteiger partial charge in [-0.05, 0) is 31.2 Å². The van der Waals surface area contributed by atoms with Crippen molar-refractivity contribution in [3.05, 3.63) is 29.8 Å². The lowest BCUT2D eigenvalue weighted by Crippen LogP contribution is -2.40. The molecule has 0 aromatic heterocycles. The SMILES string of the molecule is CCOc1ccc(C(=O)NC(CO)COC)cc1. The highest BCUT2D eigenvalue weighted by molar-refractivity contribution is 5.94. The van der Waals surface area contributed by atoms with E-state index in [1.54, 1.807) is 24.3 Å². The van der Waals surface area contributed by atoms with Crippen molar-refractivity contribution in [3.63, 3.8) is 0 Å². The molecule has 0 fully saturated rings. The van der Waals surface area contributed by atoms with E-state index in [1.165, 1.54) is 7.11 Å². The Bertz CT molecular complexity index is 364. The number of benzene rings is 1. The van der Waals surface area contributed by atoms with E-state index >= 15 is 0 Å². The second-order valence-electron chi connectivity index (χ2n) is 3.77. The molecule has 100 valence electrons. The summed E-state index contributed by atoms with van der Waals surface area (Å²) in [6, 6.07) is 6.45. The minimum Gasteiger partial charge on any atom is -0.494 e. The summed E-state index contributed by atoms with van der Waals surface area (Å²) in [6.45, 7) is 2.61. The highest BCUT2D eigenvalue weighted by Crippen LogP contribution is 2.12. The molecule has 0 aliphatic heterocycles. The Labute approximate surface area is 107 Å². The van der Waals surface area contributed by atoms with E-state index in [0.717, 1.165) is 5.75 Å². The van der Waals surface area contributed by atoms with Crippen LogP contribution < -0.4 is 10.1 Å². The van der Waals surface area contributed by atoms with E-state index in [-0.39, 0.29) is 19.1 Å². The summed E-state index contributed by atoms with van der Waals surface area (Å²) in [4.78, 5) is 11.8. The molecule has 18 heavy (non-hydrogen) atoms. The van der Waals surface area contributed by atoms with Gasteiger partial charge in [0.2, 0.25) is 0 Å². The van der Waals surface area contributed by atoms with Gasteiger partial charge in [-0.3, -0.25) is 4.79 Å². The van der Waals surface area contributed by atoms with Crippen molar-refractivity contribution in [3.8, 4) is 5.75 Å². The van der Waals surface area contributed by atoms with Gasteiger partial charge in [-0.2, -0.15) is 0 Å². The molecule has 5 nitrogen and oxygen atoms in total. The highest BCUT2D eigenvalue weighted by atomic mass is 16.5. The van der Waals surface area contributed by atoms with Gasteiger partial charge in [0.1, 0.15) is 5.75 Å². The average Bonchev–Trinajstić information content (AvgIpc) is 2.39. The molecule has 1 aromatic carbocycles. The summed E-state index contributed by atoms with van der Waals surface area (Å²) in [5.41, 5.74) is 0.521. The number of hydrogen-bond donors (Lipinski definition) is 2. The topological polar surface area (TPSA) is 67.8 Å². The quantitative estimate of drug-likeness (QED) is 0.755. The molecule has 1 rings (SSSR count). The molecular formula is C13H19NO4. The second kappa shape index (κ2) is 7.68. The molecule has 0 saturated carbocycles. The maximum Gasteiger partial charge on any atom is 0.251 e. The number of aliphatic hydroxyl groups excluding tert-OH is 1. The van der Waals surface area contributed by atoms with E-state index in [0.29, 0.717) is 12.2 Å². The fourth-order valence-electron chi connectivity index (χ4n) is 1.48. The molecule has 0 saturated heterocycles. The lowest BCUT2D eigenvalue weighted by atomic mass is 10.2. The Hall–Kier alpha value is -1.59. The third-order valence-electron chi connectivity index (χ3n) is 2.35. The van der Waals surface area contributed by atoms with Crippen LogP contribution in [0.15, 0.2) is 24.3 Å². The van der Waals surface area contributed by atoms with Gasteiger partial charge in [0.15, 0.2) is 0 Å².